The van der Waals surface area contributed by atoms with Gasteiger partial charge in [0.1, 0.15) is 0 Å². The van der Waals surface area contributed by atoms with Gasteiger partial charge in [0.05, 0.1) is 13.1 Å². The summed E-state index contributed by atoms with van der Waals surface area (Å²) in [7, 11) is 0. The van der Waals surface area contributed by atoms with Gasteiger partial charge >= 0.3 is 24.2 Å². The molecule has 24 heavy (non-hydrogen) atoms. The Balaban J connectivity index is 0. The first-order chi connectivity index (χ1) is 10.8. The van der Waals surface area contributed by atoms with E-state index < -0.39 is 24.2 Å². The highest BCUT2D eigenvalue weighted by Gasteiger charge is 2.38. The van der Waals surface area contributed by atoms with Crippen molar-refractivity contribution in [1.82, 2.24) is 10.6 Å². The number of nitrogens with one attached hydrogen (secondary N) is 2. The first-order valence-corrected chi connectivity index (χ1v) is 8.77. The highest BCUT2D eigenvalue weighted by atomic mass is 79.9. The minimum Gasteiger partial charge on any atom is -0.344 e. The van der Waals surface area contributed by atoms with Crippen molar-refractivity contribution in [2.45, 2.75) is 12.4 Å². The zero-order valence-corrected chi connectivity index (χ0v) is 17.5. The molecule has 0 heterocycles. The molecule has 0 bridgehead atoms. The lowest BCUT2D eigenvalue weighted by Crippen LogP contribution is -2.37. The number of carbonyl (C=O) groups excluding carboxylic acids is 2. The maximum Gasteiger partial charge on any atom is 0.471 e. The number of amides is 2. The summed E-state index contributed by atoms with van der Waals surface area (Å²) in [5, 5.41) is 3.33. The van der Waals surface area contributed by atoms with Crippen LogP contribution in [0.2, 0.25) is 0 Å². The van der Waals surface area contributed by atoms with Gasteiger partial charge < -0.3 is 10.6 Å². The zero-order chi connectivity index (χ0) is 19.6. The fourth-order valence-corrected chi connectivity index (χ4v) is 1.21. The minimum absolute atomic E-state index is 0.191. The van der Waals surface area contributed by atoms with E-state index in [2.05, 4.69) is 63.7 Å². The van der Waals surface area contributed by atoms with Gasteiger partial charge in [-0.1, -0.05) is 63.7 Å². The Hall–Kier alpha value is -0.0800. The molecule has 0 unspecified atom stereocenters. The molecular weight excluding hydrogens is 614 g/mol. The second-order valence-electron chi connectivity index (χ2n) is 3.47. The molecule has 0 rings (SSSR count). The van der Waals surface area contributed by atoms with E-state index in [4.69, 9.17) is 0 Å². The lowest BCUT2D eigenvalue weighted by molar-refractivity contribution is -0.173. The summed E-state index contributed by atoms with van der Waals surface area (Å²) in [6.07, 6.45) is -9.64. The van der Waals surface area contributed by atoms with Gasteiger partial charge in [0.2, 0.25) is 0 Å². The number of rotatable bonds is 4. The molecule has 0 aliphatic carbocycles. The molecule has 0 radical (unpaired) electrons. The summed E-state index contributed by atoms with van der Waals surface area (Å²) in [5.41, 5.74) is 0. The third kappa shape index (κ3) is 14.3. The van der Waals surface area contributed by atoms with E-state index in [1.54, 1.807) is 10.6 Å². The Morgan fingerprint density at radius 3 is 1.17 bits per heavy atom. The van der Waals surface area contributed by atoms with Crippen LogP contribution in [0.5, 0.6) is 0 Å². The van der Waals surface area contributed by atoms with E-state index in [0.29, 0.717) is 8.96 Å². The second kappa shape index (κ2) is 12.3. The number of carbonyl (C=O) groups is 2. The summed E-state index contributed by atoms with van der Waals surface area (Å²) in [6.45, 7) is -0.382. The fraction of sp³-hybridized carbons (Fsp3) is 0.400. The number of hydrogen-bond donors (Lipinski definition) is 2. The van der Waals surface area contributed by atoms with Crippen LogP contribution >= 0.6 is 63.7 Å². The van der Waals surface area contributed by atoms with Crippen molar-refractivity contribution in [1.29, 1.82) is 0 Å². The van der Waals surface area contributed by atoms with Crippen LogP contribution in [0.3, 0.4) is 0 Å². The first kappa shape index (κ1) is 26.2. The Morgan fingerprint density at radius 1 is 0.750 bits per heavy atom. The summed E-state index contributed by atoms with van der Waals surface area (Å²) >= 11 is 11.6. The maximum absolute atomic E-state index is 11.5. The minimum atomic E-state index is -4.82. The van der Waals surface area contributed by atoms with Gasteiger partial charge in [-0.05, 0) is 9.97 Å². The quantitative estimate of drug-likeness (QED) is 0.452. The molecule has 0 saturated carbocycles. The normalized spacial score (nSPS) is 12.9. The molecule has 2 amide bonds. The monoisotopic (exact) mass is 618 g/mol. The lowest BCUT2D eigenvalue weighted by Gasteiger charge is -2.06. The van der Waals surface area contributed by atoms with Gasteiger partial charge in [-0.15, -0.1) is 0 Å². The molecule has 0 aromatic rings. The molecule has 140 valence electrons. The average Bonchev–Trinajstić information content (AvgIpc) is 2.47. The van der Waals surface area contributed by atoms with E-state index in [9.17, 15) is 35.9 Å². The van der Waals surface area contributed by atoms with Crippen LogP contribution < -0.4 is 10.6 Å². The predicted octanol–water partition coefficient (Wildman–Crippen LogP) is 4.59. The van der Waals surface area contributed by atoms with Gasteiger partial charge in [-0.3, -0.25) is 9.59 Å². The number of alkyl halides is 6. The first-order valence-electron chi connectivity index (χ1n) is 5.35. The molecule has 0 aromatic carbocycles. The standard InChI is InChI=1S/2C5H4Br2F3NO/c2*6-1-3(7)2-11-4(12)5(8,9)10/h2*1H,2H2,(H,11,12). The van der Waals surface area contributed by atoms with Crippen molar-refractivity contribution in [3.8, 4) is 0 Å². The molecule has 0 spiro atoms. The maximum atomic E-state index is 11.5. The van der Waals surface area contributed by atoms with Crippen LogP contribution in [-0.4, -0.2) is 37.3 Å². The average molecular weight is 622 g/mol. The molecule has 4 nitrogen and oxygen atoms in total. The molecule has 0 saturated heterocycles. The molecule has 0 aliphatic heterocycles. The molecular formula is C10H8Br4F6N2O2. The molecule has 2 N–H and O–H groups in total. The van der Waals surface area contributed by atoms with Gasteiger partial charge in [-0.2, -0.15) is 26.3 Å². The largest absolute Gasteiger partial charge is 0.471 e. The van der Waals surface area contributed by atoms with Crippen molar-refractivity contribution in [2.24, 2.45) is 0 Å². The second-order valence-corrected chi connectivity index (χ2v) is 6.43. The zero-order valence-electron chi connectivity index (χ0n) is 11.2. The fourth-order valence-electron chi connectivity index (χ4n) is 0.607. The van der Waals surface area contributed by atoms with Crippen LogP contribution in [0, 0.1) is 0 Å². The van der Waals surface area contributed by atoms with Crippen LogP contribution in [0.4, 0.5) is 26.3 Å². The van der Waals surface area contributed by atoms with E-state index in [0.717, 1.165) is 0 Å². The van der Waals surface area contributed by atoms with E-state index in [-0.39, 0.29) is 13.1 Å². The molecule has 0 aromatic heterocycles. The lowest BCUT2D eigenvalue weighted by atomic mass is 10.5. The summed E-state index contributed by atoms with van der Waals surface area (Å²) in [6, 6.07) is 0. The Kier molecular flexibility index (Phi) is 13.4. The van der Waals surface area contributed by atoms with Gasteiger partial charge in [-0.25, -0.2) is 0 Å². The molecule has 0 aliphatic rings. The van der Waals surface area contributed by atoms with Gasteiger partial charge in [0, 0.05) is 8.96 Å². The predicted molar refractivity (Wildman–Crippen MR) is 90.0 cm³/mol. The summed E-state index contributed by atoms with van der Waals surface area (Å²) in [4.78, 5) is 23.1. The van der Waals surface area contributed by atoms with Crippen LogP contribution in [0.1, 0.15) is 0 Å². The SMILES string of the molecule is O=C(NCC(Br)=CBr)C(F)(F)F.O=C(NCC(Br)=CBr)C(F)(F)F. The summed E-state index contributed by atoms with van der Waals surface area (Å²) < 4.78 is 70.1. The van der Waals surface area contributed by atoms with Crippen LogP contribution in [0.15, 0.2) is 18.9 Å². The topological polar surface area (TPSA) is 58.2 Å². The Bertz CT molecular complexity index is 447. The van der Waals surface area contributed by atoms with Crippen molar-refractivity contribution in [3.05, 3.63) is 18.9 Å². The smallest absolute Gasteiger partial charge is 0.344 e. The van der Waals surface area contributed by atoms with E-state index in [1.165, 1.54) is 9.97 Å². The van der Waals surface area contributed by atoms with Crippen LogP contribution in [0.25, 0.3) is 0 Å². The molecule has 0 atom stereocenters. The van der Waals surface area contributed by atoms with Crippen molar-refractivity contribution in [2.75, 3.05) is 13.1 Å². The summed E-state index contributed by atoms with van der Waals surface area (Å²) in [5.74, 6) is -3.90. The van der Waals surface area contributed by atoms with Crippen molar-refractivity contribution < 1.29 is 35.9 Å². The third-order valence-corrected chi connectivity index (χ3v) is 4.94. The highest BCUT2D eigenvalue weighted by molar-refractivity contribution is 9.14. The number of hydrogen-bond acceptors (Lipinski definition) is 2. The van der Waals surface area contributed by atoms with Crippen molar-refractivity contribution >= 4 is 75.5 Å². The Morgan fingerprint density at radius 2 is 1.00 bits per heavy atom. The van der Waals surface area contributed by atoms with Gasteiger partial charge in [0.15, 0.2) is 0 Å². The van der Waals surface area contributed by atoms with E-state index in [1.807, 2.05) is 0 Å². The highest BCUT2D eigenvalue weighted by Crippen LogP contribution is 2.15. The van der Waals surface area contributed by atoms with Crippen molar-refractivity contribution in [3.63, 3.8) is 0 Å². The Labute approximate surface area is 166 Å². The van der Waals surface area contributed by atoms with E-state index >= 15 is 0 Å². The molecule has 0 fully saturated rings. The number of halogens is 10. The van der Waals surface area contributed by atoms with Gasteiger partial charge in [0.25, 0.3) is 0 Å². The third-order valence-electron chi connectivity index (χ3n) is 1.59. The molecule has 14 heteroatoms. The van der Waals surface area contributed by atoms with Crippen LogP contribution in [-0.2, 0) is 9.59 Å².